The first-order chi connectivity index (χ1) is 14.1. The van der Waals surface area contributed by atoms with E-state index in [2.05, 4.69) is 5.32 Å². The molecule has 3 aromatic carbocycles. The van der Waals surface area contributed by atoms with Gasteiger partial charge in [-0.25, -0.2) is 12.8 Å². The highest BCUT2D eigenvalue weighted by atomic mass is 35.5. The normalized spacial score (nSPS) is 11.2. The average Bonchev–Trinajstić information content (AvgIpc) is 2.69. The Morgan fingerprint density at radius 3 is 2.27 bits per heavy atom. The van der Waals surface area contributed by atoms with E-state index in [1.807, 2.05) is 0 Å². The number of carbonyl (C=O) groups excluding carboxylic acids is 1. The minimum absolute atomic E-state index is 0.0537. The zero-order valence-corrected chi connectivity index (χ0v) is 18.1. The van der Waals surface area contributed by atoms with Gasteiger partial charge in [-0.3, -0.25) is 9.10 Å². The van der Waals surface area contributed by atoms with Crippen LogP contribution < -0.4 is 9.62 Å². The summed E-state index contributed by atoms with van der Waals surface area (Å²) in [6.45, 7) is 0.0537. The molecule has 1 amide bonds. The van der Waals surface area contributed by atoms with Crippen molar-refractivity contribution in [2.24, 2.45) is 0 Å². The largest absolute Gasteiger partial charge is 0.322 e. The second-order valence-electron chi connectivity index (χ2n) is 6.49. The lowest BCUT2D eigenvalue weighted by Crippen LogP contribution is -2.29. The molecule has 0 aliphatic heterocycles. The zero-order chi connectivity index (χ0) is 21.9. The van der Waals surface area contributed by atoms with Crippen LogP contribution in [0, 0.1) is 5.82 Å². The first-order valence-corrected chi connectivity index (χ1v) is 11.3. The second-order valence-corrected chi connectivity index (χ2v) is 9.21. The van der Waals surface area contributed by atoms with E-state index in [4.69, 9.17) is 23.2 Å². The fourth-order valence-corrected chi connectivity index (χ4v) is 3.99. The third-order valence-corrected chi connectivity index (χ3v) is 6.07. The molecule has 0 heterocycles. The third-order valence-electron chi connectivity index (χ3n) is 4.27. The molecule has 5 nitrogen and oxygen atoms in total. The van der Waals surface area contributed by atoms with Gasteiger partial charge in [0, 0.05) is 16.3 Å². The highest BCUT2D eigenvalue weighted by Crippen LogP contribution is 2.25. The number of halogens is 3. The smallest absolute Gasteiger partial charge is 0.255 e. The third kappa shape index (κ3) is 5.30. The number of hydrogen-bond donors (Lipinski definition) is 1. The van der Waals surface area contributed by atoms with Gasteiger partial charge in [-0.15, -0.1) is 0 Å². The van der Waals surface area contributed by atoms with Crippen molar-refractivity contribution in [3.05, 3.63) is 93.7 Å². The summed E-state index contributed by atoms with van der Waals surface area (Å²) in [5, 5.41) is 2.97. The van der Waals surface area contributed by atoms with Crippen LogP contribution in [0.15, 0.2) is 66.7 Å². The highest BCUT2D eigenvalue weighted by molar-refractivity contribution is 7.92. The number of rotatable bonds is 6. The topological polar surface area (TPSA) is 66.5 Å². The molecule has 0 fully saturated rings. The molecule has 0 unspecified atom stereocenters. The SMILES string of the molecule is CS(=O)(=O)N(Cc1ccccc1Cl)c1ccc(C(=O)Nc2ccc(F)c(Cl)c2)cc1. The molecular weight excluding hydrogens is 450 g/mol. The average molecular weight is 467 g/mol. The molecule has 0 saturated carbocycles. The predicted octanol–water partition coefficient (Wildman–Crippen LogP) is 5.35. The Labute approximate surface area is 184 Å². The monoisotopic (exact) mass is 466 g/mol. The van der Waals surface area contributed by atoms with Crippen LogP contribution in [-0.4, -0.2) is 20.6 Å². The van der Waals surface area contributed by atoms with Crippen molar-refractivity contribution in [3.63, 3.8) is 0 Å². The number of benzene rings is 3. The van der Waals surface area contributed by atoms with Gasteiger partial charge in [0.2, 0.25) is 10.0 Å². The number of sulfonamides is 1. The van der Waals surface area contributed by atoms with Crippen molar-refractivity contribution in [1.29, 1.82) is 0 Å². The molecule has 156 valence electrons. The van der Waals surface area contributed by atoms with Crippen LogP contribution in [0.25, 0.3) is 0 Å². The maximum atomic E-state index is 13.3. The Morgan fingerprint density at radius 1 is 1.00 bits per heavy atom. The number of amides is 1. The number of carbonyl (C=O) groups is 1. The van der Waals surface area contributed by atoms with E-state index in [0.717, 1.165) is 12.3 Å². The molecule has 3 rings (SSSR count). The fourth-order valence-electron chi connectivity index (χ4n) is 2.74. The Hall–Kier alpha value is -2.61. The summed E-state index contributed by atoms with van der Waals surface area (Å²) in [5.74, 6) is -1.03. The Morgan fingerprint density at radius 2 is 1.67 bits per heavy atom. The summed E-state index contributed by atoms with van der Waals surface area (Å²) in [5.41, 5.74) is 1.68. The molecule has 0 bridgehead atoms. The van der Waals surface area contributed by atoms with E-state index < -0.39 is 21.7 Å². The Bertz CT molecular complexity index is 1190. The number of anilines is 2. The lowest BCUT2D eigenvalue weighted by Gasteiger charge is -2.23. The quantitative estimate of drug-likeness (QED) is 0.532. The van der Waals surface area contributed by atoms with Gasteiger partial charge in [-0.05, 0) is 54.1 Å². The fraction of sp³-hybridized carbons (Fsp3) is 0.0952. The lowest BCUT2D eigenvalue weighted by atomic mass is 10.1. The van der Waals surface area contributed by atoms with E-state index in [9.17, 15) is 17.6 Å². The van der Waals surface area contributed by atoms with Crippen LogP contribution in [0.3, 0.4) is 0 Å². The van der Waals surface area contributed by atoms with Gasteiger partial charge >= 0.3 is 0 Å². The van der Waals surface area contributed by atoms with Crippen LogP contribution in [0.1, 0.15) is 15.9 Å². The van der Waals surface area contributed by atoms with E-state index in [1.165, 1.54) is 40.7 Å². The molecule has 1 N–H and O–H groups in total. The minimum atomic E-state index is -3.60. The van der Waals surface area contributed by atoms with Crippen molar-refractivity contribution in [1.82, 2.24) is 0 Å². The highest BCUT2D eigenvalue weighted by Gasteiger charge is 2.19. The van der Waals surface area contributed by atoms with Gasteiger partial charge in [0.15, 0.2) is 0 Å². The molecule has 0 aromatic heterocycles. The van der Waals surface area contributed by atoms with Crippen LogP contribution in [-0.2, 0) is 16.6 Å². The summed E-state index contributed by atoms with van der Waals surface area (Å²) in [6.07, 6.45) is 1.10. The van der Waals surface area contributed by atoms with Crippen LogP contribution in [0.4, 0.5) is 15.8 Å². The van der Waals surface area contributed by atoms with Gasteiger partial charge in [-0.1, -0.05) is 41.4 Å². The molecule has 3 aromatic rings. The molecule has 0 aliphatic carbocycles. The first-order valence-electron chi connectivity index (χ1n) is 8.73. The van der Waals surface area contributed by atoms with E-state index in [1.54, 1.807) is 24.3 Å². The standard InChI is InChI=1S/C21H17Cl2FN2O3S/c1-30(28,29)26(13-15-4-2-3-5-18(15)22)17-9-6-14(7-10-17)21(27)25-16-8-11-20(24)19(23)12-16/h2-12H,13H2,1H3,(H,25,27). The zero-order valence-electron chi connectivity index (χ0n) is 15.8. The van der Waals surface area contributed by atoms with Gasteiger partial charge < -0.3 is 5.32 Å². The maximum absolute atomic E-state index is 13.3. The molecule has 0 aliphatic rings. The number of nitrogens with zero attached hydrogens (tertiary/aromatic N) is 1. The second kappa shape index (κ2) is 9.04. The van der Waals surface area contributed by atoms with Gasteiger partial charge in [-0.2, -0.15) is 0 Å². The van der Waals surface area contributed by atoms with Crippen LogP contribution >= 0.6 is 23.2 Å². The molecule has 9 heteroatoms. The molecule has 0 spiro atoms. The van der Waals surface area contributed by atoms with Crippen molar-refractivity contribution < 1.29 is 17.6 Å². The van der Waals surface area contributed by atoms with E-state index in [0.29, 0.717) is 27.5 Å². The summed E-state index contributed by atoms with van der Waals surface area (Å²) in [7, 11) is -3.60. The minimum Gasteiger partial charge on any atom is -0.322 e. The summed E-state index contributed by atoms with van der Waals surface area (Å²) < 4.78 is 39.1. The van der Waals surface area contributed by atoms with Crippen LogP contribution in [0.2, 0.25) is 10.0 Å². The van der Waals surface area contributed by atoms with Gasteiger partial charge in [0.25, 0.3) is 5.91 Å². The molecule has 0 radical (unpaired) electrons. The number of hydrogen-bond acceptors (Lipinski definition) is 3. The molecule has 30 heavy (non-hydrogen) atoms. The van der Waals surface area contributed by atoms with Crippen molar-refractivity contribution in [2.45, 2.75) is 6.54 Å². The van der Waals surface area contributed by atoms with Crippen molar-refractivity contribution in [3.8, 4) is 0 Å². The van der Waals surface area contributed by atoms with Crippen LogP contribution in [0.5, 0.6) is 0 Å². The summed E-state index contributed by atoms with van der Waals surface area (Å²) in [6, 6.07) is 16.9. The Kier molecular flexibility index (Phi) is 6.65. The lowest BCUT2D eigenvalue weighted by molar-refractivity contribution is 0.102. The van der Waals surface area contributed by atoms with E-state index in [-0.39, 0.29) is 11.6 Å². The van der Waals surface area contributed by atoms with E-state index >= 15 is 0 Å². The molecular formula is C21H17Cl2FN2O3S. The first kappa shape index (κ1) is 22.1. The van der Waals surface area contributed by atoms with Gasteiger partial charge in [0.1, 0.15) is 5.82 Å². The Balaban J connectivity index is 1.81. The number of nitrogens with one attached hydrogen (secondary N) is 1. The summed E-state index contributed by atoms with van der Waals surface area (Å²) in [4.78, 5) is 12.4. The maximum Gasteiger partial charge on any atom is 0.255 e. The molecule has 0 atom stereocenters. The summed E-state index contributed by atoms with van der Waals surface area (Å²) >= 11 is 11.9. The predicted molar refractivity (Wildman–Crippen MR) is 118 cm³/mol. The van der Waals surface area contributed by atoms with Crippen molar-refractivity contribution in [2.75, 3.05) is 15.9 Å². The molecule has 0 saturated heterocycles. The van der Waals surface area contributed by atoms with Crippen molar-refractivity contribution >= 4 is 50.5 Å². The van der Waals surface area contributed by atoms with Gasteiger partial charge in [0.05, 0.1) is 23.5 Å².